The van der Waals surface area contributed by atoms with Crippen LogP contribution in [0.15, 0.2) is 37.0 Å². The van der Waals surface area contributed by atoms with E-state index in [0.29, 0.717) is 10.7 Å². The van der Waals surface area contributed by atoms with E-state index in [1.54, 1.807) is 6.20 Å². The van der Waals surface area contributed by atoms with Crippen LogP contribution in [0.25, 0.3) is 5.57 Å². The summed E-state index contributed by atoms with van der Waals surface area (Å²) >= 11 is 1.49. The Kier molecular flexibility index (Phi) is 6.14. The summed E-state index contributed by atoms with van der Waals surface area (Å²) in [6.07, 6.45) is 3.83. The van der Waals surface area contributed by atoms with Gasteiger partial charge in [-0.1, -0.05) is 25.6 Å². The Morgan fingerprint density at radius 1 is 1.36 bits per heavy atom. The molecule has 6 nitrogen and oxygen atoms in total. The number of amides is 2. The van der Waals surface area contributed by atoms with Gasteiger partial charge in [-0.15, -0.1) is 11.3 Å². The fourth-order valence-corrected chi connectivity index (χ4v) is 4.18. The maximum atomic E-state index is 12.6. The lowest BCUT2D eigenvalue weighted by Crippen LogP contribution is -2.41. The molecule has 2 atom stereocenters. The van der Waals surface area contributed by atoms with Gasteiger partial charge in [0.2, 0.25) is 11.8 Å². The molecule has 148 valence electrons. The number of thiazole rings is 1. The van der Waals surface area contributed by atoms with E-state index in [2.05, 4.69) is 21.8 Å². The molecule has 3 rings (SSSR count). The average Bonchev–Trinajstić information content (AvgIpc) is 3.11. The van der Waals surface area contributed by atoms with Crippen molar-refractivity contribution in [1.82, 2.24) is 4.98 Å². The second-order valence-corrected chi connectivity index (χ2v) is 8.53. The van der Waals surface area contributed by atoms with Crippen LogP contribution in [0.3, 0.4) is 0 Å². The minimum Gasteiger partial charge on any atom is -0.371 e. The molecule has 1 aromatic heterocycles. The van der Waals surface area contributed by atoms with E-state index in [4.69, 9.17) is 5.73 Å². The lowest BCUT2D eigenvalue weighted by molar-refractivity contribution is -0.121. The Bertz CT molecular complexity index is 875. The van der Waals surface area contributed by atoms with Crippen LogP contribution in [0.2, 0.25) is 0 Å². The molecule has 7 heteroatoms. The van der Waals surface area contributed by atoms with Gasteiger partial charge in [-0.05, 0) is 43.4 Å². The number of piperidine rings is 1. The van der Waals surface area contributed by atoms with Crippen LogP contribution in [0.1, 0.15) is 30.2 Å². The van der Waals surface area contributed by atoms with Gasteiger partial charge < -0.3 is 16.0 Å². The van der Waals surface area contributed by atoms with E-state index >= 15 is 0 Å². The third-order valence-corrected chi connectivity index (χ3v) is 6.14. The standard InChI is InChI=1S/C21H26N4O2S/c1-13-11-23-21(28-13)24-20(27)15(3)17-5-4-10-25(12-17)18-8-6-16(7-9-18)14(2)19(22)26/h6-9,11,15,17H,2,4-5,10,12H2,1,3H3,(H2,22,26)(H,23,24,27). The predicted molar refractivity (Wildman–Crippen MR) is 114 cm³/mol. The number of nitrogens with zero attached hydrogens (tertiary/aromatic N) is 2. The molecule has 1 aliphatic heterocycles. The molecule has 0 saturated carbocycles. The van der Waals surface area contributed by atoms with Crippen LogP contribution in [-0.4, -0.2) is 29.9 Å². The van der Waals surface area contributed by atoms with Crippen LogP contribution >= 0.6 is 11.3 Å². The van der Waals surface area contributed by atoms with Gasteiger partial charge in [0.05, 0.1) is 0 Å². The van der Waals surface area contributed by atoms with Gasteiger partial charge in [0.1, 0.15) is 0 Å². The Labute approximate surface area is 169 Å². The number of hydrogen-bond donors (Lipinski definition) is 2. The number of aryl methyl sites for hydroxylation is 1. The summed E-state index contributed by atoms with van der Waals surface area (Å²) in [6.45, 7) is 9.45. The first-order valence-electron chi connectivity index (χ1n) is 9.42. The molecule has 1 fully saturated rings. The summed E-state index contributed by atoms with van der Waals surface area (Å²) in [4.78, 5) is 31.5. The minimum absolute atomic E-state index is 0.0225. The number of nitrogens with two attached hydrogens (primary N) is 1. The van der Waals surface area contributed by atoms with Gasteiger partial charge in [0.15, 0.2) is 5.13 Å². The molecule has 3 N–H and O–H groups in total. The molecule has 28 heavy (non-hydrogen) atoms. The highest BCUT2D eigenvalue weighted by Crippen LogP contribution is 2.29. The summed E-state index contributed by atoms with van der Waals surface area (Å²) < 4.78 is 0. The molecule has 0 radical (unpaired) electrons. The molecule has 2 amide bonds. The molecule has 1 aliphatic rings. The number of aromatic nitrogens is 1. The predicted octanol–water partition coefficient (Wildman–Crippen LogP) is 3.44. The van der Waals surface area contributed by atoms with E-state index in [9.17, 15) is 9.59 Å². The van der Waals surface area contributed by atoms with Crippen molar-refractivity contribution in [3.8, 4) is 0 Å². The van der Waals surface area contributed by atoms with Gasteiger partial charge in [-0.3, -0.25) is 9.59 Å². The van der Waals surface area contributed by atoms with E-state index in [0.717, 1.165) is 42.1 Å². The molecule has 0 aliphatic carbocycles. The molecular weight excluding hydrogens is 372 g/mol. The summed E-state index contributed by atoms with van der Waals surface area (Å²) in [5, 5.41) is 3.60. The number of anilines is 2. The molecular formula is C21H26N4O2S. The number of hydrogen-bond acceptors (Lipinski definition) is 5. The van der Waals surface area contributed by atoms with Crippen molar-refractivity contribution in [2.24, 2.45) is 17.6 Å². The summed E-state index contributed by atoms with van der Waals surface area (Å²) in [6, 6.07) is 7.70. The Morgan fingerprint density at radius 2 is 2.07 bits per heavy atom. The zero-order chi connectivity index (χ0) is 20.3. The lowest BCUT2D eigenvalue weighted by atomic mass is 9.85. The van der Waals surface area contributed by atoms with Crippen molar-refractivity contribution in [3.63, 3.8) is 0 Å². The van der Waals surface area contributed by atoms with Crippen LogP contribution in [-0.2, 0) is 9.59 Å². The van der Waals surface area contributed by atoms with E-state index in [1.165, 1.54) is 11.3 Å². The van der Waals surface area contributed by atoms with Crippen molar-refractivity contribution in [2.75, 3.05) is 23.3 Å². The van der Waals surface area contributed by atoms with Crippen molar-refractivity contribution in [1.29, 1.82) is 0 Å². The second-order valence-electron chi connectivity index (χ2n) is 7.29. The maximum absolute atomic E-state index is 12.6. The zero-order valence-electron chi connectivity index (χ0n) is 16.3. The van der Waals surface area contributed by atoms with Gasteiger partial charge >= 0.3 is 0 Å². The number of benzene rings is 1. The summed E-state index contributed by atoms with van der Waals surface area (Å²) in [7, 11) is 0. The molecule has 2 unspecified atom stereocenters. The monoisotopic (exact) mass is 398 g/mol. The second kappa shape index (κ2) is 8.56. The molecule has 0 bridgehead atoms. The largest absolute Gasteiger partial charge is 0.371 e. The van der Waals surface area contributed by atoms with E-state index in [-0.39, 0.29) is 17.7 Å². The Balaban J connectivity index is 1.63. The fraction of sp³-hybridized carbons (Fsp3) is 0.381. The average molecular weight is 399 g/mol. The smallest absolute Gasteiger partial charge is 0.248 e. The molecule has 1 aromatic carbocycles. The zero-order valence-corrected chi connectivity index (χ0v) is 17.1. The fourth-order valence-electron chi connectivity index (χ4n) is 3.51. The topological polar surface area (TPSA) is 88.3 Å². The molecule has 2 heterocycles. The quantitative estimate of drug-likeness (QED) is 0.730. The highest BCUT2D eigenvalue weighted by Gasteiger charge is 2.29. The lowest BCUT2D eigenvalue weighted by Gasteiger charge is -2.36. The first-order chi connectivity index (χ1) is 13.3. The van der Waals surface area contributed by atoms with Crippen molar-refractivity contribution in [3.05, 3.63) is 47.5 Å². The minimum atomic E-state index is -0.513. The first-order valence-corrected chi connectivity index (χ1v) is 10.2. The van der Waals surface area contributed by atoms with Crippen LogP contribution in [0, 0.1) is 18.8 Å². The van der Waals surface area contributed by atoms with Crippen LogP contribution < -0.4 is 16.0 Å². The first kappa shape index (κ1) is 20.1. The highest BCUT2D eigenvalue weighted by molar-refractivity contribution is 7.15. The van der Waals surface area contributed by atoms with Crippen molar-refractivity contribution in [2.45, 2.75) is 26.7 Å². The van der Waals surface area contributed by atoms with E-state index in [1.807, 2.05) is 38.1 Å². The third kappa shape index (κ3) is 4.59. The van der Waals surface area contributed by atoms with E-state index < -0.39 is 5.91 Å². The van der Waals surface area contributed by atoms with Gasteiger partial charge in [-0.2, -0.15) is 0 Å². The van der Waals surface area contributed by atoms with Gasteiger partial charge in [-0.25, -0.2) is 4.98 Å². The third-order valence-electron chi connectivity index (χ3n) is 5.31. The number of nitrogens with one attached hydrogen (secondary N) is 1. The number of carbonyl (C=O) groups excluding carboxylic acids is 2. The number of carbonyl (C=O) groups is 2. The van der Waals surface area contributed by atoms with Gasteiger partial charge in [0.25, 0.3) is 0 Å². The number of primary amides is 1. The Morgan fingerprint density at radius 3 is 2.68 bits per heavy atom. The molecule has 1 saturated heterocycles. The summed E-state index contributed by atoms with van der Waals surface area (Å²) in [5.41, 5.74) is 7.42. The normalized spacial score (nSPS) is 17.8. The number of rotatable bonds is 6. The van der Waals surface area contributed by atoms with Crippen molar-refractivity contribution >= 4 is 39.5 Å². The SMILES string of the molecule is C=C(C(N)=O)c1ccc(N2CCCC(C(C)C(=O)Nc3ncc(C)s3)C2)cc1. The van der Waals surface area contributed by atoms with Crippen LogP contribution in [0.4, 0.5) is 10.8 Å². The molecule has 0 spiro atoms. The Hall–Kier alpha value is -2.67. The maximum Gasteiger partial charge on any atom is 0.248 e. The van der Waals surface area contributed by atoms with Crippen LogP contribution in [0.5, 0.6) is 0 Å². The van der Waals surface area contributed by atoms with Crippen molar-refractivity contribution < 1.29 is 9.59 Å². The summed E-state index contributed by atoms with van der Waals surface area (Å²) in [5.74, 6) is -0.314. The van der Waals surface area contributed by atoms with Gasteiger partial charge in [0, 0.05) is 41.3 Å². The highest BCUT2D eigenvalue weighted by atomic mass is 32.1. The molecule has 2 aromatic rings.